The third-order valence-electron chi connectivity index (χ3n) is 25.3. The van der Waals surface area contributed by atoms with Gasteiger partial charge in [-0.15, -0.1) is 179 Å². The van der Waals surface area contributed by atoms with Gasteiger partial charge in [-0.25, -0.2) is 0 Å². The van der Waals surface area contributed by atoms with Gasteiger partial charge < -0.3 is 19.9 Å². The van der Waals surface area contributed by atoms with E-state index in [1.807, 2.05) is 30.9 Å². The Morgan fingerprint density at radius 1 is 0.189 bits per heavy atom. The van der Waals surface area contributed by atoms with Gasteiger partial charge in [-0.1, -0.05) is 318 Å². The van der Waals surface area contributed by atoms with Crippen molar-refractivity contribution in [1.29, 1.82) is 0 Å². The molecule has 0 saturated carbocycles. The second kappa shape index (κ2) is 41.0. The molecule has 0 atom stereocenters. The Bertz CT molecular complexity index is 6590. The average Bonchev–Trinajstić information content (AvgIpc) is 0.768. The molecule has 0 saturated heterocycles. The molecule has 0 N–H and O–H groups in total. The molecule has 132 heavy (non-hydrogen) atoms. The molecule has 6 nitrogen and oxygen atoms in total. The first-order valence-electron chi connectivity index (χ1n) is 45.5. The van der Waals surface area contributed by atoms with Crippen LogP contribution in [0.25, 0.3) is 201 Å². The first-order chi connectivity index (χ1) is 63.9. The third kappa shape index (κ3) is 19.3. The van der Waals surface area contributed by atoms with Crippen LogP contribution in [0.2, 0.25) is 0 Å². The monoisotopic (exact) mass is 2060 g/mol. The summed E-state index contributed by atoms with van der Waals surface area (Å²) in [5.74, 6) is 0. The molecule has 0 aliphatic rings. The number of benzene rings is 14. The fourth-order valence-corrected chi connectivity index (χ4v) is 18.3. The molecular formula is C124H98Ir2N6. The van der Waals surface area contributed by atoms with Gasteiger partial charge in [-0.3, -0.25) is 9.97 Å². The van der Waals surface area contributed by atoms with Crippen molar-refractivity contribution in [2.45, 2.75) is 107 Å². The summed E-state index contributed by atoms with van der Waals surface area (Å²) in [6.45, 7) is 17.6. The number of nitrogens with zero attached hydrogens (tertiary/aromatic N) is 6. The van der Waals surface area contributed by atoms with Crippen molar-refractivity contribution in [3.63, 3.8) is 0 Å². The van der Waals surface area contributed by atoms with Crippen LogP contribution >= 0.6 is 0 Å². The van der Waals surface area contributed by atoms with E-state index in [4.69, 9.17) is 29.9 Å². The van der Waals surface area contributed by atoms with Crippen molar-refractivity contribution in [3.05, 3.63) is 434 Å². The Balaban J connectivity index is 0.00000608. The summed E-state index contributed by atoms with van der Waals surface area (Å²) in [7, 11) is 0. The van der Waals surface area contributed by atoms with E-state index in [0.717, 1.165) is 252 Å². The van der Waals surface area contributed by atoms with E-state index < -0.39 is 0 Å². The van der Waals surface area contributed by atoms with E-state index >= 15 is 0 Å². The zero-order valence-corrected chi connectivity index (χ0v) is 80.3. The van der Waals surface area contributed by atoms with Gasteiger partial charge in [0.15, 0.2) is 0 Å². The zero-order valence-electron chi connectivity index (χ0n) is 75.5. The van der Waals surface area contributed by atoms with Crippen LogP contribution in [0, 0.1) is 64.1 Å². The molecule has 5 aromatic heterocycles. The molecule has 0 unspecified atom stereocenters. The Morgan fingerprint density at radius 2 is 0.356 bits per heavy atom. The molecule has 19 aromatic rings. The van der Waals surface area contributed by atoms with E-state index in [0.29, 0.717) is 0 Å². The fourth-order valence-electron chi connectivity index (χ4n) is 18.3. The first-order valence-corrected chi connectivity index (χ1v) is 45.5. The summed E-state index contributed by atoms with van der Waals surface area (Å²) in [5.41, 5.74) is 47.0. The van der Waals surface area contributed by atoms with Crippen LogP contribution in [0.5, 0.6) is 0 Å². The van der Waals surface area contributed by atoms with Gasteiger partial charge in [0.05, 0.1) is 6.33 Å². The molecule has 0 aliphatic heterocycles. The van der Waals surface area contributed by atoms with Crippen molar-refractivity contribution < 1.29 is 40.2 Å². The van der Waals surface area contributed by atoms with Gasteiger partial charge >= 0.3 is 40.2 Å². The smallest absolute Gasteiger partial charge is 0.304 e. The Morgan fingerprint density at radius 3 is 0.508 bits per heavy atom. The van der Waals surface area contributed by atoms with E-state index in [1.165, 1.54) is 44.5 Å². The van der Waals surface area contributed by atoms with Crippen LogP contribution in [-0.4, -0.2) is 29.9 Å². The first kappa shape index (κ1) is 90.0. The minimum absolute atomic E-state index is 0. The van der Waals surface area contributed by atoms with Crippen LogP contribution in [0.4, 0.5) is 0 Å². The van der Waals surface area contributed by atoms with Crippen molar-refractivity contribution in [1.82, 2.24) is 29.9 Å². The minimum Gasteiger partial charge on any atom is -0.304 e. The number of aromatic nitrogens is 6. The van der Waals surface area contributed by atoms with Gasteiger partial charge in [-0.2, -0.15) is 0 Å². The molecule has 19 rings (SSSR count). The molecule has 0 fully saturated rings. The molecule has 0 aliphatic carbocycles. The van der Waals surface area contributed by atoms with Gasteiger partial charge in [0.2, 0.25) is 0 Å². The molecule has 0 radical (unpaired) electrons. The summed E-state index contributed by atoms with van der Waals surface area (Å²) in [5, 5.41) is 0. The van der Waals surface area contributed by atoms with E-state index in [2.05, 4.69) is 407 Å². The zero-order chi connectivity index (χ0) is 88.6. The summed E-state index contributed by atoms with van der Waals surface area (Å²) in [6.07, 6.45) is 18.2. The number of aryl methyl sites for hydroxylation is 8. The van der Waals surface area contributed by atoms with Gasteiger partial charge in [0, 0.05) is 24.8 Å². The molecule has 8 heteroatoms. The van der Waals surface area contributed by atoms with Gasteiger partial charge in [-0.05, 0) is 213 Å². The SMILES string of the molecule is CCCc1cnc(-c2[c-]cc(-c3ccccc3-c3cc(-c4ccccc4-c4c[c-]c(-c5cc(-c6[c-]cc(-c7ccccc7-c7cc(-c8ccccc8-c8c[c-]c(-c9cc(C)c(CCC)cn9)cc8)cc(-c8ccccc8-c8c[c-]c(-c9cc(C)c(CCC)cn9)cc8)c7)cc6)ncn5)cc4)cc(-c4ccccc4-c4c[c-]c(-c5cc(C)c(CCC)cn5)cc4)c3)cc2)cc1C.[Ir+3].[Ir+3]. The van der Waals surface area contributed by atoms with Crippen molar-refractivity contribution in [2.24, 2.45) is 0 Å². The van der Waals surface area contributed by atoms with Crippen LogP contribution in [-0.2, 0) is 65.9 Å². The maximum Gasteiger partial charge on any atom is 3.00 e. The van der Waals surface area contributed by atoms with E-state index in [9.17, 15) is 0 Å². The normalized spacial score (nSPS) is 11.2. The number of hydrogen-bond acceptors (Lipinski definition) is 6. The van der Waals surface area contributed by atoms with E-state index in [1.54, 1.807) is 6.33 Å². The Hall–Kier alpha value is -13.9. The molecule has 0 bridgehead atoms. The van der Waals surface area contributed by atoms with E-state index in [-0.39, 0.29) is 40.2 Å². The minimum atomic E-state index is 0. The Kier molecular flexibility index (Phi) is 28.0. The Labute approximate surface area is 805 Å². The number of hydrogen-bond donors (Lipinski definition) is 0. The molecular weight excluding hydrogens is 1960 g/mol. The number of rotatable bonds is 26. The fraction of sp³-hybridized carbons (Fsp3) is 0.129. The maximum absolute atomic E-state index is 4.91. The summed E-state index contributed by atoms with van der Waals surface area (Å²) in [4.78, 5) is 29.4. The third-order valence-corrected chi connectivity index (χ3v) is 25.3. The standard InChI is InChI=1S/C124H98N6.2Ir/c1-9-25-97-76-125-119(65-81(97)5)91-53-41-85(42-54-91)107-29-13-19-35-113(107)101-69-102(114-36-20-14-30-108(114)86-43-55-92(56-44-86)120-66-82(6)98(26-10-2)77-126-120)72-105(71-101)117-39-23-17-33-111(117)89-49-61-95(62-50-89)123-75-124(130-80-129-123)96-63-51-90(52-64-96)112-34-18-24-40-118(112)106-73-103(115-37-21-15-31-109(115)87-45-57-93(58-46-87)121-67-83(7)99(27-11-3)78-127-121)70-104(74-106)116-38-22-16-32-110(116)88-47-59-94(60-48-88)122-68-84(8)100(28-12-4)79-128-122;;/h13-24,29-53,55,57,59,61,63,65-80H,9-12,25-28H2,1-8H3;;/q-6;2*+3. The topological polar surface area (TPSA) is 77.3 Å². The van der Waals surface area contributed by atoms with Crippen LogP contribution in [0.15, 0.2) is 353 Å². The summed E-state index contributed by atoms with van der Waals surface area (Å²) >= 11 is 0. The van der Waals surface area contributed by atoms with Crippen molar-refractivity contribution >= 4 is 0 Å². The van der Waals surface area contributed by atoms with Crippen molar-refractivity contribution in [2.75, 3.05) is 0 Å². The second-order valence-corrected chi connectivity index (χ2v) is 34.1. The second-order valence-electron chi connectivity index (χ2n) is 34.1. The predicted octanol–water partition coefficient (Wildman–Crippen LogP) is 31.9. The molecule has 0 spiro atoms. The van der Waals surface area contributed by atoms with Gasteiger partial charge in [0.1, 0.15) is 0 Å². The van der Waals surface area contributed by atoms with Gasteiger partial charge in [0.25, 0.3) is 0 Å². The quantitative estimate of drug-likeness (QED) is 0.0503. The molecule has 14 aromatic carbocycles. The molecule has 642 valence electrons. The van der Waals surface area contributed by atoms with Crippen LogP contribution in [0.1, 0.15) is 97.9 Å². The molecule has 0 amide bonds. The predicted molar refractivity (Wildman–Crippen MR) is 539 cm³/mol. The summed E-state index contributed by atoms with van der Waals surface area (Å²) < 4.78 is 0. The average molecular weight is 2060 g/mol. The largest absolute Gasteiger partial charge is 3.00 e. The number of pyridine rings is 4. The molecule has 5 heterocycles. The van der Waals surface area contributed by atoms with Crippen LogP contribution in [0.3, 0.4) is 0 Å². The van der Waals surface area contributed by atoms with Crippen molar-refractivity contribution in [3.8, 4) is 201 Å². The summed E-state index contributed by atoms with van der Waals surface area (Å²) in [6, 6.07) is 138. The van der Waals surface area contributed by atoms with Crippen LogP contribution < -0.4 is 0 Å². The maximum atomic E-state index is 4.91.